The predicted molar refractivity (Wildman–Crippen MR) is 77.6 cm³/mol. The van der Waals surface area contributed by atoms with Gasteiger partial charge in [0.15, 0.2) is 11.5 Å². The summed E-state index contributed by atoms with van der Waals surface area (Å²) in [4.78, 5) is 0. The van der Waals surface area contributed by atoms with Crippen molar-refractivity contribution < 1.29 is 9.47 Å². The maximum absolute atomic E-state index is 5.48. The Morgan fingerprint density at radius 1 is 1.00 bits per heavy atom. The van der Waals surface area contributed by atoms with Gasteiger partial charge in [-0.2, -0.15) is 0 Å². The van der Waals surface area contributed by atoms with Gasteiger partial charge in [0.1, 0.15) is 0 Å². The Hall–Kier alpha value is -1.48. The lowest BCUT2D eigenvalue weighted by molar-refractivity contribution is 0.356. The average molecular weight is 307 g/mol. The molecule has 0 heterocycles. The van der Waals surface area contributed by atoms with Gasteiger partial charge in [-0.15, -0.1) is 0 Å². The molecule has 0 aliphatic rings. The quantitative estimate of drug-likeness (QED) is 0.786. The van der Waals surface area contributed by atoms with Crippen molar-refractivity contribution in [2.24, 2.45) is 0 Å². The summed E-state index contributed by atoms with van der Waals surface area (Å²) in [5.41, 5.74) is 3.33. The second-order valence-electron chi connectivity index (χ2n) is 3.88. The molecule has 94 valence electrons. The fourth-order valence-corrected chi connectivity index (χ4v) is 2.25. The molecule has 2 nitrogen and oxygen atoms in total. The first-order valence-electron chi connectivity index (χ1n) is 5.66. The first-order valence-corrected chi connectivity index (χ1v) is 6.78. The van der Waals surface area contributed by atoms with Crippen LogP contribution in [0, 0.1) is 0 Å². The monoisotopic (exact) mass is 306 g/mol. The fraction of sp³-hybridized carbons (Fsp3) is 0.200. The summed E-state index contributed by atoms with van der Waals surface area (Å²) in [5, 5.41) is 0.785. The van der Waals surface area contributed by atoms with Crippen molar-refractivity contribution in [3.63, 3.8) is 0 Å². The summed E-state index contributed by atoms with van der Waals surface area (Å²) in [5.74, 6) is 1.53. The number of hydrogen-bond acceptors (Lipinski definition) is 2. The van der Waals surface area contributed by atoms with E-state index in [-0.39, 0.29) is 0 Å². The van der Waals surface area contributed by atoms with E-state index in [1.165, 1.54) is 0 Å². The molecule has 0 radical (unpaired) electrons. The molecule has 2 rings (SSSR count). The molecular formula is C15H15BrO2. The maximum atomic E-state index is 5.48. The first-order chi connectivity index (χ1) is 8.80. The minimum absolute atomic E-state index is 0.758. The third kappa shape index (κ3) is 2.51. The molecule has 2 aromatic rings. The molecule has 0 aliphatic heterocycles. The lowest BCUT2D eigenvalue weighted by Crippen LogP contribution is -1.95. The predicted octanol–water partition coefficient (Wildman–Crippen LogP) is 4.27. The van der Waals surface area contributed by atoms with Gasteiger partial charge >= 0.3 is 0 Å². The molecule has 0 spiro atoms. The molecule has 18 heavy (non-hydrogen) atoms. The number of hydrogen-bond donors (Lipinski definition) is 0. The van der Waals surface area contributed by atoms with Crippen LogP contribution in [0.3, 0.4) is 0 Å². The van der Waals surface area contributed by atoms with Gasteiger partial charge in [0.2, 0.25) is 0 Å². The molecule has 0 fully saturated rings. The Balaban J connectivity index is 2.64. The molecule has 0 amide bonds. The smallest absolute Gasteiger partial charge is 0.168 e. The normalized spacial score (nSPS) is 10.2. The molecule has 3 heteroatoms. The Morgan fingerprint density at radius 3 is 2.28 bits per heavy atom. The zero-order valence-electron chi connectivity index (χ0n) is 10.4. The van der Waals surface area contributed by atoms with Gasteiger partial charge in [-0.25, -0.2) is 0 Å². The van der Waals surface area contributed by atoms with Crippen molar-refractivity contribution in [1.29, 1.82) is 0 Å². The molecule has 0 saturated carbocycles. The standard InChI is InChI=1S/C15H15BrO2/c1-17-14-9-11(10-16)8-13(15(14)18-2)12-6-4-3-5-7-12/h3-9H,10H2,1-2H3. The Morgan fingerprint density at radius 2 is 1.72 bits per heavy atom. The van der Waals surface area contributed by atoms with Crippen LogP contribution < -0.4 is 9.47 Å². The molecule has 0 unspecified atom stereocenters. The largest absolute Gasteiger partial charge is 0.493 e. The summed E-state index contributed by atoms with van der Waals surface area (Å²) < 4.78 is 10.9. The number of halogens is 1. The second-order valence-corrected chi connectivity index (χ2v) is 4.44. The molecule has 0 aliphatic carbocycles. The number of methoxy groups -OCH3 is 2. The number of ether oxygens (including phenoxy) is 2. The van der Waals surface area contributed by atoms with E-state index in [9.17, 15) is 0 Å². The van der Waals surface area contributed by atoms with E-state index in [0.29, 0.717) is 0 Å². The highest BCUT2D eigenvalue weighted by atomic mass is 79.9. The number of alkyl halides is 1. The molecule has 0 atom stereocenters. The van der Waals surface area contributed by atoms with E-state index < -0.39 is 0 Å². The highest BCUT2D eigenvalue weighted by molar-refractivity contribution is 9.08. The van der Waals surface area contributed by atoms with Crippen molar-refractivity contribution in [3.05, 3.63) is 48.0 Å². The van der Waals surface area contributed by atoms with E-state index >= 15 is 0 Å². The summed E-state index contributed by atoms with van der Waals surface area (Å²) in [7, 11) is 3.32. The van der Waals surface area contributed by atoms with Crippen LogP contribution in [0.2, 0.25) is 0 Å². The Kier molecular flexibility index (Phi) is 4.26. The van der Waals surface area contributed by atoms with Crippen molar-refractivity contribution in [2.75, 3.05) is 14.2 Å². The maximum Gasteiger partial charge on any atom is 0.168 e. The number of benzene rings is 2. The van der Waals surface area contributed by atoms with Crippen LogP contribution in [0.25, 0.3) is 11.1 Å². The lowest BCUT2D eigenvalue weighted by atomic mass is 10.0. The highest BCUT2D eigenvalue weighted by Gasteiger charge is 2.13. The lowest BCUT2D eigenvalue weighted by Gasteiger charge is -2.14. The fourth-order valence-electron chi connectivity index (χ4n) is 1.93. The Bertz CT molecular complexity index is 524. The van der Waals surface area contributed by atoms with Crippen LogP contribution in [0.4, 0.5) is 0 Å². The van der Waals surface area contributed by atoms with Gasteiger partial charge in [0, 0.05) is 10.9 Å². The van der Waals surface area contributed by atoms with Gasteiger partial charge in [-0.05, 0) is 23.3 Å². The van der Waals surface area contributed by atoms with Crippen LogP contribution in [0.1, 0.15) is 5.56 Å². The first kappa shape index (κ1) is 13.0. The van der Waals surface area contributed by atoms with Gasteiger partial charge in [0.25, 0.3) is 0 Å². The van der Waals surface area contributed by atoms with Gasteiger partial charge in [-0.1, -0.05) is 46.3 Å². The topological polar surface area (TPSA) is 18.5 Å². The van der Waals surface area contributed by atoms with E-state index in [2.05, 4.69) is 34.1 Å². The minimum atomic E-state index is 0.758. The molecular weight excluding hydrogens is 292 g/mol. The van der Waals surface area contributed by atoms with Crippen molar-refractivity contribution in [3.8, 4) is 22.6 Å². The van der Waals surface area contributed by atoms with Crippen LogP contribution in [0.5, 0.6) is 11.5 Å². The van der Waals surface area contributed by atoms with E-state index in [1.54, 1.807) is 14.2 Å². The summed E-state index contributed by atoms with van der Waals surface area (Å²) in [6.45, 7) is 0. The molecule has 0 N–H and O–H groups in total. The van der Waals surface area contributed by atoms with Crippen molar-refractivity contribution in [2.45, 2.75) is 5.33 Å². The van der Waals surface area contributed by atoms with Crippen molar-refractivity contribution in [1.82, 2.24) is 0 Å². The van der Waals surface area contributed by atoms with Gasteiger partial charge in [-0.3, -0.25) is 0 Å². The Labute approximate surface area is 116 Å². The van der Waals surface area contributed by atoms with Crippen LogP contribution in [0.15, 0.2) is 42.5 Å². The van der Waals surface area contributed by atoms with E-state index in [0.717, 1.165) is 33.5 Å². The third-order valence-corrected chi connectivity index (χ3v) is 3.43. The average Bonchev–Trinajstić information content (AvgIpc) is 2.46. The van der Waals surface area contributed by atoms with Gasteiger partial charge in [0.05, 0.1) is 14.2 Å². The van der Waals surface area contributed by atoms with E-state index in [1.807, 2.05) is 24.3 Å². The van der Waals surface area contributed by atoms with Crippen LogP contribution in [-0.4, -0.2) is 14.2 Å². The SMILES string of the molecule is COc1cc(CBr)cc(-c2ccccc2)c1OC. The summed E-state index contributed by atoms with van der Waals surface area (Å²) >= 11 is 3.48. The zero-order chi connectivity index (χ0) is 13.0. The van der Waals surface area contributed by atoms with Gasteiger partial charge < -0.3 is 9.47 Å². The molecule has 0 saturated heterocycles. The summed E-state index contributed by atoms with van der Waals surface area (Å²) in [6, 6.07) is 14.3. The number of rotatable bonds is 4. The van der Waals surface area contributed by atoms with Crippen molar-refractivity contribution >= 4 is 15.9 Å². The molecule has 0 aromatic heterocycles. The minimum Gasteiger partial charge on any atom is -0.493 e. The van der Waals surface area contributed by atoms with Crippen LogP contribution >= 0.6 is 15.9 Å². The van der Waals surface area contributed by atoms with E-state index in [4.69, 9.17) is 9.47 Å². The molecule has 0 bridgehead atoms. The zero-order valence-corrected chi connectivity index (χ0v) is 12.0. The third-order valence-electron chi connectivity index (χ3n) is 2.78. The molecule has 2 aromatic carbocycles. The second kappa shape index (κ2) is 5.91. The summed E-state index contributed by atoms with van der Waals surface area (Å²) in [6.07, 6.45) is 0. The highest BCUT2D eigenvalue weighted by Crippen LogP contribution is 2.39. The van der Waals surface area contributed by atoms with Crippen LogP contribution in [-0.2, 0) is 5.33 Å².